The second kappa shape index (κ2) is 6.02. The van der Waals surface area contributed by atoms with Crippen LogP contribution >= 0.6 is 0 Å². The van der Waals surface area contributed by atoms with Crippen molar-refractivity contribution in [3.8, 4) is 11.9 Å². The Morgan fingerprint density at radius 1 is 1.25 bits per heavy atom. The van der Waals surface area contributed by atoms with E-state index in [1.54, 1.807) is 19.2 Å². The number of rotatable bonds is 4. The van der Waals surface area contributed by atoms with Crippen molar-refractivity contribution < 1.29 is 4.74 Å². The minimum atomic E-state index is 0.0704. The lowest BCUT2D eigenvalue weighted by atomic mass is 10.1. The highest BCUT2D eigenvalue weighted by Gasteiger charge is 2.11. The van der Waals surface area contributed by atoms with E-state index in [1.165, 1.54) is 6.33 Å². The fourth-order valence-electron chi connectivity index (χ4n) is 1.92. The molecule has 0 fully saturated rings. The summed E-state index contributed by atoms with van der Waals surface area (Å²) in [6.45, 7) is 3.95. The number of hydrogen-bond donors (Lipinski definition) is 1. The molecule has 0 saturated heterocycles. The van der Waals surface area contributed by atoms with Crippen molar-refractivity contribution >= 4 is 5.82 Å². The van der Waals surface area contributed by atoms with Crippen molar-refractivity contribution in [3.63, 3.8) is 0 Å². The molecule has 0 aliphatic carbocycles. The molecule has 1 aromatic heterocycles. The average molecular weight is 268 g/mol. The summed E-state index contributed by atoms with van der Waals surface area (Å²) in [7, 11) is 1.59. The van der Waals surface area contributed by atoms with Crippen LogP contribution in [0, 0.1) is 18.3 Å². The first kappa shape index (κ1) is 13.8. The summed E-state index contributed by atoms with van der Waals surface area (Å²) in [5, 5.41) is 12.1. The first-order valence-electron chi connectivity index (χ1n) is 6.28. The van der Waals surface area contributed by atoms with Gasteiger partial charge in [0.2, 0.25) is 5.88 Å². The van der Waals surface area contributed by atoms with E-state index in [-0.39, 0.29) is 6.04 Å². The van der Waals surface area contributed by atoms with Crippen LogP contribution in [-0.2, 0) is 0 Å². The Morgan fingerprint density at radius 2 is 1.95 bits per heavy atom. The number of aromatic nitrogens is 2. The fraction of sp³-hybridized carbons (Fsp3) is 0.267. The van der Waals surface area contributed by atoms with Gasteiger partial charge in [0.15, 0.2) is 0 Å². The molecule has 2 aromatic rings. The molecule has 5 nitrogen and oxygen atoms in total. The molecule has 0 amide bonds. The Morgan fingerprint density at radius 3 is 2.55 bits per heavy atom. The zero-order chi connectivity index (χ0) is 14.5. The third-order valence-corrected chi connectivity index (χ3v) is 3.12. The molecule has 102 valence electrons. The molecule has 1 heterocycles. The molecule has 1 unspecified atom stereocenters. The maximum Gasteiger partial charge on any atom is 0.221 e. The van der Waals surface area contributed by atoms with Crippen molar-refractivity contribution in [3.05, 3.63) is 47.3 Å². The van der Waals surface area contributed by atoms with Gasteiger partial charge in [-0.05, 0) is 31.5 Å². The Labute approximate surface area is 118 Å². The first-order chi connectivity index (χ1) is 9.65. The number of nitrogens with zero attached hydrogens (tertiary/aromatic N) is 3. The Hall–Kier alpha value is -2.61. The average Bonchev–Trinajstić information content (AvgIpc) is 2.49. The zero-order valence-electron chi connectivity index (χ0n) is 11.7. The van der Waals surface area contributed by atoms with Crippen LogP contribution < -0.4 is 10.1 Å². The third kappa shape index (κ3) is 2.86. The van der Waals surface area contributed by atoms with E-state index in [1.807, 2.05) is 26.0 Å². The standard InChI is InChI=1S/C15H16N4O/c1-10-14(17-9-18-15(10)20-3)19-11(2)13-6-4-12(8-16)5-7-13/h4-7,9,11H,1-3H3,(H,17,18,19). The highest BCUT2D eigenvalue weighted by Crippen LogP contribution is 2.24. The second-order valence-electron chi connectivity index (χ2n) is 4.46. The monoisotopic (exact) mass is 268 g/mol. The lowest BCUT2D eigenvalue weighted by Gasteiger charge is -2.17. The molecule has 1 aromatic carbocycles. The van der Waals surface area contributed by atoms with E-state index >= 15 is 0 Å². The maximum atomic E-state index is 8.80. The van der Waals surface area contributed by atoms with Gasteiger partial charge in [-0.3, -0.25) is 0 Å². The summed E-state index contributed by atoms with van der Waals surface area (Å²) >= 11 is 0. The van der Waals surface area contributed by atoms with Crippen molar-refractivity contribution in [1.29, 1.82) is 5.26 Å². The Bertz CT molecular complexity index is 631. The summed E-state index contributed by atoms with van der Waals surface area (Å²) in [6, 6.07) is 9.66. The van der Waals surface area contributed by atoms with E-state index < -0.39 is 0 Å². The quantitative estimate of drug-likeness (QED) is 0.923. The summed E-state index contributed by atoms with van der Waals surface area (Å²) in [6.07, 6.45) is 1.47. The zero-order valence-corrected chi connectivity index (χ0v) is 11.7. The van der Waals surface area contributed by atoms with Crippen LogP contribution in [0.5, 0.6) is 5.88 Å². The molecule has 20 heavy (non-hydrogen) atoms. The van der Waals surface area contributed by atoms with Gasteiger partial charge in [-0.1, -0.05) is 12.1 Å². The smallest absolute Gasteiger partial charge is 0.221 e. The molecule has 5 heteroatoms. The van der Waals surface area contributed by atoms with Gasteiger partial charge in [-0.25, -0.2) is 9.97 Å². The van der Waals surface area contributed by atoms with Gasteiger partial charge in [0, 0.05) is 6.04 Å². The van der Waals surface area contributed by atoms with Gasteiger partial charge in [-0.15, -0.1) is 0 Å². The van der Waals surface area contributed by atoms with Crippen molar-refractivity contribution in [2.24, 2.45) is 0 Å². The van der Waals surface area contributed by atoms with Crippen molar-refractivity contribution in [1.82, 2.24) is 9.97 Å². The van der Waals surface area contributed by atoms with E-state index in [4.69, 9.17) is 10.00 Å². The van der Waals surface area contributed by atoms with Crippen LogP contribution in [0.3, 0.4) is 0 Å². The van der Waals surface area contributed by atoms with E-state index in [0.717, 1.165) is 16.9 Å². The molecular formula is C15H16N4O. The van der Waals surface area contributed by atoms with Gasteiger partial charge >= 0.3 is 0 Å². The topological polar surface area (TPSA) is 70.8 Å². The lowest BCUT2D eigenvalue weighted by Crippen LogP contribution is -2.10. The van der Waals surface area contributed by atoms with Gasteiger partial charge in [-0.2, -0.15) is 5.26 Å². The minimum absolute atomic E-state index is 0.0704. The van der Waals surface area contributed by atoms with Gasteiger partial charge < -0.3 is 10.1 Å². The van der Waals surface area contributed by atoms with Crippen molar-refractivity contribution in [2.45, 2.75) is 19.9 Å². The number of ether oxygens (including phenoxy) is 1. The lowest BCUT2D eigenvalue weighted by molar-refractivity contribution is 0.393. The molecule has 1 atom stereocenters. The molecule has 0 aliphatic heterocycles. The highest BCUT2D eigenvalue weighted by molar-refractivity contribution is 5.49. The number of methoxy groups -OCH3 is 1. The summed E-state index contributed by atoms with van der Waals surface area (Å²) in [5.41, 5.74) is 2.61. The predicted octanol–water partition coefficient (Wildman–Crippen LogP) is 2.84. The van der Waals surface area contributed by atoms with Crippen LogP contribution in [0.25, 0.3) is 0 Å². The minimum Gasteiger partial charge on any atom is -0.481 e. The third-order valence-electron chi connectivity index (χ3n) is 3.12. The summed E-state index contributed by atoms with van der Waals surface area (Å²) in [5.74, 6) is 1.31. The fourth-order valence-corrected chi connectivity index (χ4v) is 1.92. The maximum absolute atomic E-state index is 8.80. The molecule has 2 rings (SSSR count). The number of anilines is 1. The molecule has 0 saturated carbocycles. The molecule has 1 N–H and O–H groups in total. The van der Waals surface area contributed by atoms with Gasteiger partial charge in [0.25, 0.3) is 0 Å². The van der Waals surface area contributed by atoms with Gasteiger partial charge in [0.05, 0.1) is 24.3 Å². The predicted molar refractivity (Wildman–Crippen MR) is 76.5 cm³/mol. The van der Waals surface area contributed by atoms with Gasteiger partial charge in [0.1, 0.15) is 12.1 Å². The number of nitriles is 1. The van der Waals surface area contributed by atoms with Crippen molar-refractivity contribution in [2.75, 3.05) is 12.4 Å². The molecule has 0 radical (unpaired) electrons. The van der Waals surface area contributed by atoms with Crippen LogP contribution in [0.1, 0.15) is 29.7 Å². The van der Waals surface area contributed by atoms with E-state index in [9.17, 15) is 0 Å². The molecule has 0 aliphatic rings. The van der Waals surface area contributed by atoms with Crippen LogP contribution in [0.15, 0.2) is 30.6 Å². The Balaban J connectivity index is 2.19. The second-order valence-corrected chi connectivity index (χ2v) is 4.46. The highest BCUT2D eigenvalue weighted by atomic mass is 16.5. The normalized spacial score (nSPS) is 11.5. The van der Waals surface area contributed by atoms with Crippen LogP contribution in [0.2, 0.25) is 0 Å². The van der Waals surface area contributed by atoms with E-state index in [0.29, 0.717) is 11.4 Å². The summed E-state index contributed by atoms with van der Waals surface area (Å²) < 4.78 is 5.18. The Kier molecular flexibility index (Phi) is 4.16. The first-order valence-corrected chi connectivity index (χ1v) is 6.28. The summed E-state index contributed by atoms with van der Waals surface area (Å²) in [4.78, 5) is 8.28. The number of benzene rings is 1. The number of nitrogens with one attached hydrogen (secondary N) is 1. The van der Waals surface area contributed by atoms with E-state index in [2.05, 4.69) is 21.4 Å². The molecule has 0 spiro atoms. The van der Waals surface area contributed by atoms with Crippen LogP contribution in [-0.4, -0.2) is 17.1 Å². The number of hydrogen-bond acceptors (Lipinski definition) is 5. The molecular weight excluding hydrogens is 252 g/mol. The largest absolute Gasteiger partial charge is 0.481 e. The molecule has 0 bridgehead atoms. The SMILES string of the molecule is COc1ncnc(NC(C)c2ccc(C#N)cc2)c1C. The van der Waals surface area contributed by atoms with Crippen LogP contribution in [0.4, 0.5) is 5.82 Å².